The van der Waals surface area contributed by atoms with Crippen LogP contribution >= 0.6 is 34.7 Å². The van der Waals surface area contributed by atoms with Crippen molar-refractivity contribution in [2.45, 2.75) is 37.8 Å². The average Bonchev–Trinajstić information content (AvgIpc) is 3.00. The fraction of sp³-hybridized carbons (Fsp3) is 0.400. The van der Waals surface area contributed by atoms with Crippen LogP contribution in [0.1, 0.15) is 30.2 Å². The Balaban J connectivity index is 1.36. The van der Waals surface area contributed by atoms with Crippen molar-refractivity contribution in [1.29, 1.82) is 0 Å². The van der Waals surface area contributed by atoms with Crippen molar-refractivity contribution in [3.63, 3.8) is 0 Å². The summed E-state index contributed by atoms with van der Waals surface area (Å²) in [5, 5.41) is 2.22. The van der Waals surface area contributed by atoms with Gasteiger partial charge < -0.3 is 9.72 Å². The number of rotatable bonds is 6. The summed E-state index contributed by atoms with van der Waals surface area (Å²) in [5.74, 6) is 2.35. The smallest absolute Gasteiger partial charge is 0.260 e. The predicted molar refractivity (Wildman–Crippen MR) is 114 cm³/mol. The second-order valence-electron chi connectivity index (χ2n) is 6.91. The summed E-state index contributed by atoms with van der Waals surface area (Å²) < 4.78 is 5.70. The van der Waals surface area contributed by atoms with Gasteiger partial charge in [-0.05, 0) is 61.4 Å². The number of nitrogens with zero attached hydrogens (tertiary/aromatic N) is 1. The monoisotopic (exact) mass is 420 g/mol. The lowest BCUT2D eigenvalue weighted by Crippen LogP contribution is -2.13. The first-order valence-corrected chi connectivity index (χ1v) is 11.3. The maximum absolute atomic E-state index is 12.6. The molecule has 1 atom stereocenters. The maximum atomic E-state index is 12.6. The quantitative estimate of drug-likeness (QED) is 0.333. The third-order valence-corrected chi connectivity index (χ3v) is 7.11. The van der Waals surface area contributed by atoms with E-state index in [0.717, 1.165) is 47.4 Å². The molecule has 0 amide bonds. The number of aromatic amines is 1. The van der Waals surface area contributed by atoms with Gasteiger partial charge in [0.1, 0.15) is 10.6 Å². The molecule has 1 N–H and O–H groups in total. The zero-order valence-electron chi connectivity index (χ0n) is 15.1. The molecule has 1 aliphatic carbocycles. The number of hydrogen-bond acceptors (Lipinski definition) is 5. The second-order valence-corrected chi connectivity index (χ2v) is 9.51. The van der Waals surface area contributed by atoms with E-state index in [2.05, 4.69) is 11.9 Å². The van der Waals surface area contributed by atoms with Gasteiger partial charge in [-0.1, -0.05) is 30.3 Å². The first kappa shape index (κ1) is 18.8. The molecule has 2 heterocycles. The molecule has 4 rings (SSSR count). The lowest BCUT2D eigenvalue weighted by Gasteiger charge is -2.17. The first-order valence-electron chi connectivity index (χ1n) is 9.16. The molecule has 1 aromatic carbocycles. The van der Waals surface area contributed by atoms with Crippen molar-refractivity contribution in [3.05, 3.63) is 50.1 Å². The highest BCUT2D eigenvalue weighted by molar-refractivity contribution is 7.99. The van der Waals surface area contributed by atoms with Gasteiger partial charge in [-0.15, -0.1) is 11.3 Å². The van der Waals surface area contributed by atoms with E-state index < -0.39 is 0 Å². The number of hydrogen-bond donors (Lipinski definition) is 1. The number of benzene rings is 1. The van der Waals surface area contributed by atoms with E-state index in [4.69, 9.17) is 21.3 Å². The zero-order chi connectivity index (χ0) is 18.8. The van der Waals surface area contributed by atoms with E-state index in [-0.39, 0.29) is 5.56 Å². The molecule has 4 nitrogen and oxygen atoms in total. The van der Waals surface area contributed by atoms with Crippen LogP contribution < -0.4 is 10.3 Å². The minimum absolute atomic E-state index is 0.00645. The molecular formula is C20H21ClN2O2S2. The Morgan fingerprint density at radius 2 is 2.19 bits per heavy atom. The van der Waals surface area contributed by atoms with Gasteiger partial charge in [0.25, 0.3) is 5.56 Å². The highest BCUT2D eigenvalue weighted by Crippen LogP contribution is 2.36. The Hall–Kier alpha value is -1.50. The largest absolute Gasteiger partial charge is 0.494 e. The fourth-order valence-corrected chi connectivity index (χ4v) is 5.69. The van der Waals surface area contributed by atoms with Gasteiger partial charge in [0.05, 0.1) is 12.0 Å². The molecule has 0 saturated carbocycles. The Morgan fingerprint density at radius 1 is 1.37 bits per heavy atom. The van der Waals surface area contributed by atoms with E-state index in [1.807, 2.05) is 24.3 Å². The zero-order valence-corrected chi connectivity index (χ0v) is 17.5. The van der Waals surface area contributed by atoms with Gasteiger partial charge in [-0.2, -0.15) is 0 Å². The number of fused-ring (bicyclic) bond motifs is 3. The third-order valence-electron chi connectivity index (χ3n) is 4.75. The van der Waals surface area contributed by atoms with E-state index in [0.29, 0.717) is 22.7 Å². The van der Waals surface area contributed by atoms with Crippen LogP contribution in [0.5, 0.6) is 5.75 Å². The summed E-state index contributed by atoms with van der Waals surface area (Å²) >= 11 is 9.13. The van der Waals surface area contributed by atoms with Crippen molar-refractivity contribution < 1.29 is 4.74 Å². The minimum Gasteiger partial charge on any atom is -0.494 e. The molecule has 3 aromatic rings. The Kier molecular flexibility index (Phi) is 5.76. The van der Waals surface area contributed by atoms with Crippen molar-refractivity contribution in [1.82, 2.24) is 9.97 Å². The molecule has 0 aliphatic heterocycles. The van der Waals surface area contributed by atoms with Crippen LogP contribution in [0.15, 0.2) is 34.2 Å². The maximum Gasteiger partial charge on any atom is 0.260 e. The predicted octanol–water partition coefficient (Wildman–Crippen LogP) is 5.32. The molecule has 1 aliphatic rings. The van der Waals surface area contributed by atoms with Crippen molar-refractivity contribution in [3.8, 4) is 5.75 Å². The van der Waals surface area contributed by atoms with Crippen LogP contribution in [-0.4, -0.2) is 22.3 Å². The Bertz CT molecular complexity index is 998. The van der Waals surface area contributed by atoms with Crippen LogP contribution in [0, 0.1) is 5.92 Å². The normalized spacial score (nSPS) is 16.4. The Labute approximate surface area is 171 Å². The number of H-pyrrole nitrogens is 1. The molecule has 1 unspecified atom stereocenters. The molecule has 142 valence electrons. The molecule has 0 saturated heterocycles. The molecule has 2 aromatic heterocycles. The van der Waals surface area contributed by atoms with Crippen LogP contribution in [0.4, 0.5) is 0 Å². The van der Waals surface area contributed by atoms with E-state index in [1.165, 1.54) is 10.4 Å². The van der Waals surface area contributed by atoms with Crippen LogP contribution in [0.25, 0.3) is 10.2 Å². The lowest BCUT2D eigenvalue weighted by atomic mass is 9.89. The van der Waals surface area contributed by atoms with Crippen molar-refractivity contribution >= 4 is 44.9 Å². The van der Waals surface area contributed by atoms with Gasteiger partial charge in [-0.25, -0.2) is 4.98 Å². The fourth-order valence-electron chi connectivity index (χ4n) is 3.35. The molecule has 0 radical (unpaired) electrons. The summed E-state index contributed by atoms with van der Waals surface area (Å²) in [7, 11) is 0. The summed E-state index contributed by atoms with van der Waals surface area (Å²) in [6.45, 7) is 2.89. The summed E-state index contributed by atoms with van der Waals surface area (Å²) in [6.07, 6.45) is 4.09. The standard InChI is InChI=1S/C20H21ClN2O2S2/c1-12-3-8-15-16(11-12)27-19-17(15)18(24)22-20(23-19)26-10-2-9-25-14-6-4-13(21)5-7-14/h4-7,12H,2-3,8-11H2,1H3,(H,22,23,24). The Morgan fingerprint density at radius 3 is 3.00 bits per heavy atom. The van der Waals surface area contributed by atoms with Gasteiger partial charge in [0, 0.05) is 15.7 Å². The highest BCUT2D eigenvalue weighted by atomic mass is 35.5. The topological polar surface area (TPSA) is 55.0 Å². The van der Waals surface area contributed by atoms with Gasteiger partial charge >= 0.3 is 0 Å². The molecule has 7 heteroatoms. The summed E-state index contributed by atoms with van der Waals surface area (Å²) in [4.78, 5) is 22.5. The molecule has 0 spiro atoms. The van der Waals surface area contributed by atoms with Crippen LogP contribution in [0.3, 0.4) is 0 Å². The summed E-state index contributed by atoms with van der Waals surface area (Å²) in [6, 6.07) is 7.36. The molecule has 27 heavy (non-hydrogen) atoms. The number of aromatic nitrogens is 2. The average molecular weight is 421 g/mol. The van der Waals surface area contributed by atoms with Crippen LogP contribution in [-0.2, 0) is 12.8 Å². The number of nitrogens with one attached hydrogen (secondary N) is 1. The molecule has 0 bridgehead atoms. The highest BCUT2D eigenvalue weighted by Gasteiger charge is 2.23. The molecule has 0 fully saturated rings. The molecular weight excluding hydrogens is 400 g/mol. The van der Waals surface area contributed by atoms with Crippen LogP contribution in [0.2, 0.25) is 5.02 Å². The SMILES string of the molecule is CC1CCc2c(sc3nc(SCCCOc4ccc(Cl)cc4)[nH]c(=O)c23)C1. The van der Waals surface area contributed by atoms with Gasteiger partial charge in [-0.3, -0.25) is 4.79 Å². The van der Waals surface area contributed by atoms with Gasteiger partial charge in [0.2, 0.25) is 0 Å². The first-order chi connectivity index (χ1) is 13.1. The number of thiophene rings is 1. The summed E-state index contributed by atoms with van der Waals surface area (Å²) in [5.41, 5.74) is 1.24. The van der Waals surface area contributed by atoms with E-state index in [9.17, 15) is 4.79 Å². The number of halogens is 1. The number of aryl methyl sites for hydroxylation is 1. The number of thioether (sulfide) groups is 1. The third kappa shape index (κ3) is 4.33. The van der Waals surface area contributed by atoms with E-state index >= 15 is 0 Å². The second kappa shape index (κ2) is 8.25. The lowest BCUT2D eigenvalue weighted by molar-refractivity contribution is 0.318. The van der Waals surface area contributed by atoms with E-state index in [1.54, 1.807) is 23.1 Å². The minimum atomic E-state index is 0.00645. The van der Waals surface area contributed by atoms with Crippen molar-refractivity contribution in [2.24, 2.45) is 5.92 Å². The van der Waals surface area contributed by atoms with Gasteiger partial charge in [0.15, 0.2) is 5.16 Å². The number of ether oxygens (including phenoxy) is 1. The van der Waals surface area contributed by atoms with Crippen molar-refractivity contribution in [2.75, 3.05) is 12.4 Å².